The summed E-state index contributed by atoms with van der Waals surface area (Å²) in [6.45, 7) is 5.47. The van der Waals surface area contributed by atoms with E-state index in [-0.39, 0.29) is 18.4 Å². The number of methoxy groups -OCH3 is 1. The highest BCUT2D eigenvalue weighted by molar-refractivity contribution is 5.85. The van der Waals surface area contributed by atoms with Gasteiger partial charge in [0.25, 0.3) is 0 Å². The van der Waals surface area contributed by atoms with E-state index in [9.17, 15) is 9.59 Å². The number of carbonyl (C=O) groups is 2. The molecule has 1 N–H and O–H groups in total. The van der Waals surface area contributed by atoms with E-state index in [0.717, 1.165) is 11.3 Å². The van der Waals surface area contributed by atoms with Crippen molar-refractivity contribution in [1.29, 1.82) is 0 Å². The molecule has 0 aliphatic rings. The van der Waals surface area contributed by atoms with Crippen molar-refractivity contribution in [1.82, 2.24) is 5.32 Å². The molecule has 20 heavy (non-hydrogen) atoms. The maximum atomic E-state index is 11.8. The van der Waals surface area contributed by atoms with Crippen LogP contribution in [0.2, 0.25) is 0 Å². The minimum Gasteiger partial charge on any atom is -0.491 e. The van der Waals surface area contributed by atoms with Crippen molar-refractivity contribution in [3.63, 3.8) is 0 Å². The first-order valence-corrected chi connectivity index (χ1v) is 6.55. The fourth-order valence-electron chi connectivity index (χ4n) is 1.71. The molecule has 0 aromatic heterocycles. The Balaban J connectivity index is 2.59. The van der Waals surface area contributed by atoms with Crippen LogP contribution in [-0.4, -0.2) is 31.1 Å². The number of amides is 1. The molecule has 0 saturated heterocycles. The molecule has 1 aromatic rings. The van der Waals surface area contributed by atoms with Gasteiger partial charge in [-0.1, -0.05) is 12.1 Å². The minimum absolute atomic E-state index is 0.0819. The first kappa shape index (κ1) is 16.0. The predicted molar refractivity (Wildman–Crippen MR) is 75.5 cm³/mol. The average molecular weight is 279 g/mol. The van der Waals surface area contributed by atoms with Crippen LogP contribution < -0.4 is 10.1 Å². The van der Waals surface area contributed by atoms with E-state index in [1.165, 1.54) is 7.11 Å². The van der Waals surface area contributed by atoms with Gasteiger partial charge in [-0.3, -0.25) is 4.79 Å². The first-order valence-electron chi connectivity index (χ1n) is 6.55. The van der Waals surface area contributed by atoms with Crippen LogP contribution in [0.1, 0.15) is 26.3 Å². The standard InChI is InChI=1S/C15H21NO4/c1-10(2)20-13-7-5-6-12(8-13)9-14(17)16-11(3)15(18)19-4/h5-8,10-11H,9H2,1-4H3,(H,16,17)/t11-/m0/s1. The smallest absolute Gasteiger partial charge is 0.328 e. The van der Waals surface area contributed by atoms with Crippen molar-refractivity contribution < 1.29 is 19.1 Å². The fourth-order valence-corrected chi connectivity index (χ4v) is 1.71. The highest BCUT2D eigenvalue weighted by Gasteiger charge is 2.15. The Kier molecular flexibility index (Phi) is 6.03. The van der Waals surface area contributed by atoms with Crippen LogP contribution in [0.5, 0.6) is 5.75 Å². The predicted octanol–water partition coefficient (Wildman–Crippen LogP) is 1.69. The molecule has 5 nitrogen and oxygen atoms in total. The SMILES string of the molecule is COC(=O)[C@H](C)NC(=O)Cc1cccc(OC(C)C)c1. The lowest BCUT2D eigenvalue weighted by Gasteiger charge is -2.13. The summed E-state index contributed by atoms with van der Waals surface area (Å²) in [6, 6.07) is 6.70. The Morgan fingerprint density at radius 1 is 1.25 bits per heavy atom. The third kappa shape index (κ3) is 5.30. The van der Waals surface area contributed by atoms with E-state index < -0.39 is 12.0 Å². The van der Waals surface area contributed by atoms with Gasteiger partial charge in [0, 0.05) is 0 Å². The van der Waals surface area contributed by atoms with Crippen molar-refractivity contribution in [2.75, 3.05) is 7.11 Å². The van der Waals surface area contributed by atoms with E-state index in [1.807, 2.05) is 38.1 Å². The zero-order valence-corrected chi connectivity index (χ0v) is 12.3. The van der Waals surface area contributed by atoms with Crippen LogP contribution in [0.25, 0.3) is 0 Å². The van der Waals surface area contributed by atoms with E-state index in [0.29, 0.717) is 0 Å². The zero-order valence-electron chi connectivity index (χ0n) is 12.3. The van der Waals surface area contributed by atoms with E-state index in [2.05, 4.69) is 10.1 Å². The molecule has 1 rings (SSSR count). The van der Waals surface area contributed by atoms with Gasteiger partial charge in [-0.15, -0.1) is 0 Å². The lowest BCUT2D eigenvalue weighted by Crippen LogP contribution is -2.39. The summed E-state index contributed by atoms with van der Waals surface area (Å²) < 4.78 is 10.1. The molecular formula is C15H21NO4. The Morgan fingerprint density at radius 3 is 2.55 bits per heavy atom. The van der Waals surface area contributed by atoms with Crippen molar-refractivity contribution in [2.45, 2.75) is 39.3 Å². The zero-order chi connectivity index (χ0) is 15.1. The Labute approximate surface area is 119 Å². The second-order valence-corrected chi connectivity index (χ2v) is 4.80. The number of benzene rings is 1. The molecule has 110 valence electrons. The lowest BCUT2D eigenvalue weighted by atomic mass is 10.1. The monoisotopic (exact) mass is 279 g/mol. The molecule has 0 fully saturated rings. The van der Waals surface area contributed by atoms with Gasteiger partial charge in [-0.05, 0) is 38.5 Å². The second kappa shape index (κ2) is 7.53. The summed E-state index contributed by atoms with van der Waals surface area (Å²) in [4.78, 5) is 23.0. The molecule has 0 heterocycles. The van der Waals surface area contributed by atoms with Crippen LogP contribution >= 0.6 is 0 Å². The first-order chi connectivity index (χ1) is 9.42. The molecule has 5 heteroatoms. The van der Waals surface area contributed by atoms with Crippen LogP contribution in [0.4, 0.5) is 0 Å². The molecule has 0 aliphatic carbocycles. The highest BCUT2D eigenvalue weighted by atomic mass is 16.5. The van der Waals surface area contributed by atoms with Gasteiger partial charge in [0.1, 0.15) is 11.8 Å². The molecule has 1 atom stereocenters. The molecule has 1 amide bonds. The van der Waals surface area contributed by atoms with Gasteiger partial charge in [0.15, 0.2) is 0 Å². The third-order valence-electron chi connectivity index (χ3n) is 2.57. The maximum Gasteiger partial charge on any atom is 0.328 e. The number of hydrogen-bond acceptors (Lipinski definition) is 4. The molecule has 0 bridgehead atoms. The van der Waals surface area contributed by atoms with Crippen LogP contribution in [0, 0.1) is 0 Å². The van der Waals surface area contributed by atoms with Crippen LogP contribution in [0.15, 0.2) is 24.3 Å². The summed E-state index contributed by atoms with van der Waals surface area (Å²) in [7, 11) is 1.29. The molecule has 1 aromatic carbocycles. The summed E-state index contributed by atoms with van der Waals surface area (Å²) in [5, 5.41) is 2.59. The number of nitrogens with one attached hydrogen (secondary N) is 1. The van der Waals surface area contributed by atoms with Crippen molar-refractivity contribution >= 4 is 11.9 Å². The topological polar surface area (TPSA) is 64.6 Å². The normalized spacial score (nSPS) is 11.8. The summed E-state index contributed by atoms with van der Waals surface area (Å²) in [5.41, 5.74) is 0.831. The lowest BCUT2D eigenvalue weighted by molar-refractivity contribution is -0.144. The van der Waals surface area contributed by atoms with Gasteiger partial charge in [-0.25, -0.2) is 4.79 Å². The van der Waals surface area contributed by atoms with E-state index in [4.69, 9.17) is 4.74 Å². The number of carbonyl (C=O) groups excluding carboxylic acids is 2. The Morgan fingerprint density at radius 2 is 1.95 bits per heavy atom. The summed E-state index contributed by atoms with van der Waals surface area (Å²) in [5.74, 6) is 0.0335. The molecule has 0 aliphatic heterocycles. The molecule has 0 unspecified atom stereocenters. The van der Waals surface area contributed by atoms with Crippen molar-refractivity contribution in [2.24, 2.45) is 0 Å². The number of rotatable bonds is 6. The van der Waals surface area contributed by atoms with Gasteiger partial charge in [0.2, 0.25) is 5.91 Å². The van der Waals surface area contributed by atoms with Gasteiger partial charge < -0.3 is 14.8 Å². The van der Waals surface area contributed by atoms with Gasteiger partial charge in [0.05, 0.1) is 19.6 Å². The minimum atomic E-state index is -0.650. The summed E-state index contributed by atoms with van der Waals surface area (Å²) in [6.07, 6.45) is 0.273. The van der Waals surface area contributed by atoms with Crippen LogP contribution in [-0.2, 0) is 20.7 Å². The number of hydrogen-bond donors (Lipinski definition) is 1. The Hall–Kier alpha value is -2.04. The number of ether oxygens (including phenoxy) is 2. The van der Waals surface area contributed by atoms with Gasteiger partial charge in [-0.2, -0.15) is 0 Å². The Bertz CT molecular complexity index is 471. The largest absolute Gasteiger partial charge is 0.491 e. The van der Waals surface area contributed by atoms with Crippen molar-refractivity contribution in [3.8, 4) is 5.75 Å². The third-order valence-corrected chi connectivity index (χ3v) is 2.57. The second-order valence-electron chi connectivity index (χ2n) is 4.80. The number of esters is 1. The average Bonchev–Trinajstić information content (AvgIpc) is 2.37. The van der Waals surface area contributed by atoms with E-state index in [1.54, 1.807) is 6.92 Å². The maximum absolute atomic E-state index is 11.8. The molecular weight excluding hydrogens is 258 g/mol. The fraction of sp³-hybridized carbons (Fsp3) is 0.467. The molecule has 0 saturated carbocycles. The van der Waals surface area contributed by atoms with E-state index >= 15 is 0 Å². The van der Waals surface area contributed by atoms with Crippen molar-refractivity contribution in [3.05, 3.63) is 29.8 Å². The quantitative estimate of drug-likeness (QED) is 0.805. The summed E-state index contributed by atoms with van der Waals surface area (Å²) >= 11 is 0. The van der Waals surface area contributed by atoms with Crippen LogP contribution in [0.3, 0.4) is 0 Å². The van der Waals surface area contributed by atoms with Gasteiger partial charge >= 0.3 is 5.97 Å². The highest BCUT2D eigenvalue weighted by Crippen LogP contribution is 2.15. The molecule has 0 spiro atoms. The molecule has 0 radical (unpaired) electrons.